The maximum atomic E-state index is 4.93. The summed E-state index contributed by atoms with van der Waals surface area (Å²) in [5.74, 6) is 1.16. The van der Waals surface area contributed by atoms with Gasteiger partial charge in [0, 0.05) is 9.52 Å². The Morgan fingerprint density at radius 2 is 0.889 bits per heavy atom. The van der Waals surface area contributed by atoms with Crippen LogP contribution in [0, 0.1) is 0 Å². The van der Waals surface area contributed by atoms with E-state index in [2.05, 4.69) is 164 Å². The van der Waals surface area contributed by atoms with Gasteiger partial charge in [-0.3, -0.25) is 0 Å². The van der Waals surface area contributed by atoms with Crippen LogP contribution in [-0.4, -0.2) is 9.52 Å². The van der Waals surface area contributed by atoms with E-state index in [0.717, 1.165) is 9.52 Å². The van der Waals surface area contributed by atoms with Gasteiger partial charge in [-0.05, 0) is 59.8 Å². The molecule has 286 valence electrons. The Bertz CT molecular complexity index is 1740. The third-order valence-electron chi connectivity index (χ3n) is 10.0. The number of aryl methyl sites for hydroxylation is 2. The Balaban J connectivity index is 0.000000254. The van der Waals surface area contributed by atoms with E-state index in [-0.39, 0.29) is 0 Å². The zero-order chi connectivity index (χ0) is 39.3. The SMILES string of the molecule is CCCCCCc1ccc(-c2cccc3[cH-]c(C(C)C)cc23)cc1.CCCCCCc1ccc(-c2cccc3[cH-]c(C(C)C)cc23)cc1.C[Si]C.[Cl][Zr+2][Cl]. The van der Waals surface area contributed by atoms with Crippen LogP contribution < -0.4 is 0 Å². The number of hydrogen-bond acceptors (Lipinski definition) is 0. The molecule has 6 aromatic rings. The number of fused-ring (bicyclic) bond motifs is 2. The minimum absolute atomic E-state index is 0.579. The molecule has 0 bridgehead atoms. The van der Waals surface area contributed by atoms with Gasteiger partial charge in [0.15, 0.2) is 0 Å². The first-order valence-corrected chi connectivity index (χ1v) is 28.7. The summed E-state index contributed by atoms with van der Waals surface area (Å²) in [5.41, 5.74) is 11.2. The fourth-order valence-corrected chi connectivity index (χ4v) is 6.90. The van der Waals surface area contributed by atoms with Crippen molar-refractivity contribution in [2.24, 2.45) is 0 Å². The van der Waals surface area contributed by atoms with E-state index in [9.17, 15) is 0 Å². The predicted molar refractivity (Wildman–Crippen MR) is 243 cm³/mol. The number of hydrogen-bond donors (Lipinski definition) is 0. The molecule has 0 unspecified atom stereocenters. The van der Waals surface area contributed by atoms with E-state index in [1.54, 1.807) is 0 Å². The molecule has 0 saturated heterocycles. The molecular weight excluding hydrogens is 791 g/mol. The number of unbranched alkanes of at least 4 members (excludes halogenated alkanes) is 6. The molecule has 0 aliphatic carbocycles. The van der Waals surface area contributed by atoms with E-state index in [1.165, 1.54) is 130 Å². The average Bonchev–Trinajstić information content (AvgIpc) is 3.83. The van der Waals surface area contributed by atoms with Crippen LogP contribution in [0.5, 0.6) is 0 Å². The Morgan fingerprint density at radius 1 is 0.537 bits per heavy atom. The molecule has 0 aromatic heterocycles. The summed E-state index contributed by atoms with van der Waals surface area (Å²) in [6.07, 6.45) is 13.1. The molecule has 6 rings (SSSR count). The predicted octanol–water partition coefficient (Wildman–Crippen LogP) is 17.1. The average molecular weight is 855 g/mol. The van der Waals surface area contributed by atoms with Gasteiger partial charge >= 0.3 is 37.9 Å². The monoisotopic (exact) mass is 852 g/mol. The number of halogens is 2. The van der Waals surface area contributed by atoms with Crippen LogP contribution in [-0.2, 0) is 33.7 Å². The molecule has 6 aromatic carbocycles. The molecule has 0 nitrogen and oxygen atoms in total. The van der Waals surface area contributed by atoms with Crippen molar-refractivity contribution in [2.75, 3.05) is 0 Å². The molecule has 0 aliphatic heterocycles. The zero-order valence-corrected chi connectivity index (χ0v) is 39.3. The van der Waals surface area contributed by atoms with Gasteiger partial charge in [0.05, 0.1) is 0 Å². The standard InChI is InChI=1S/2C24H29.C2H6Si.2ClH.Zr/c2*1-4-5-6-7-9-19-12-14-20(15-13-19)23-11-8-10-21-16-22(18(2)3)17-24(21)23;1-3-2;;;/h2*8,10-18H,4-7,9H2,1-3H3;1-2H3;2*1H;/q2*-1;;;;+4/p-2. The quantitative estimate of drug-likeness (QED) is 0.0582. The van der Waals surface area contributed by atoms with E-state index in [1.807, 2.05) is 0 Å². The van der Waals surface area contributed by atoms with Gasteiger partial charge in [-0.25, -0.2) is 0 Å². The third kappa shape index (κ3) is 14.7. The van der Waals surface area contributed by atoms with Gasteiger partial charge in [-0.2, -0.15) is 12.1 Å². The molecule has 0 atom stereocenters. The molecule has 0 saturated carbocycles. The second-order valence-corrected chi connectivity index (χ2v) is 19.8. The molecule has 4 heteroatoms. The first-order valence-electron chi connectivity index (χ1n) is 20.3. The second-order valence-electron chi connectivity index (χ2n) is 15.1. The van der Waals surface area contributed by atoms with Crippen LogP contribution in [0.15, 0.2) is 109 Å². The molecule has 0 heterocycles. The molecular formula is C50H64Cl2SiZr. The van der Waals surface area contributed by atoms with Gasteiger partial charge in [-0.1, -0.05) is 165 Å². The molecule has 2 radical (unpaired) electrons. The Morgan fingerprint density at radius 3 is 1.20 bits per heavy atom. The summed E-state index contributed by atoms with van der Waals surface area (Å²) in [5, 5.41) is 5.49. The van der Waals surface area contributed by atoms with Crippen molar-refractivity contribution in [2.45, 2.75) is 131 Å². The number of benzene rings is 4. The summed E-state index contributed by atoms with van der Waals surface area (Å²) in [7, 11) is 11.0. The zero-order valence-electron chi connectivity index (χ0n) is 34.4. The summed E-state index contributed by atoms with van der Waals surface area (Å²) >= 11 is -0.826. The van der Waals surface area contributed by atoms with Crippen LogP contribution in [0.2, 0.25) is 13.1 Å². The second kappa shape index (κ2) is 25.8. The van der Waals surface area contributed by atoms with Gasteiger partial charge in [0.2, 0.25) is 0 Å². The fraction of sp³-hybridized carbons (Fsp3) is 0.400. The minimum atomic E-state index is -0.826. The van der Waals surface area contributed by atoms with Crippen LogP contribution >= 0.6 is 17.0 Å². The summed E-state index contributed by atoms with van der Waals surface area (Å²) in [4.78, 5) is 0. The van der Waals surface area contributed by atoms with Crippen molar-refractivity contribution < 1.29 is 20.8 Å². The normalized spacial score (nSPS) is 10.7. The Kier molecular flexibility index (Phi) is 22.1. The summed E-state index contributed by atoms with van der Waals surface area (Å²) < 4.78 is 0. The van der Waals surface area contributed by atoms with Gasteiger partial charge < -0.3 is 0 Å². The van der Waals surface area contributed by atoms with Gasteiger partial charge in [0.1, 0.15) is 0 Å². The van der Waals surface area contributed by atoms with Crippen molar-refractivity contribution in [1.29, 1.82) is 0 Å². The van der Waals surface area contributed by atoms with E-state index in [4.69, 9.17) is 17.0 Å². The maximum absolute atomic E-state index is 4.93. The third-order valence-corrected chi connectivity index (χ3v) is 10.0. The Labute approximate surface area is 350 Å². The van der Waals surface area contributed by atoms with E-state index < -0.39 is 20.8 Å². The molecule has 0 spiro atoms. The first kappa shape index (κ1) is 46.2. The molecule has 0 fully saturated rings. The Hall–Kier alpha value is -2.22. The van der Waals surface area contributed by atoms with Crippen LogP contribution in [0.3, 0.4) is 0 Å². The molecule has 0 N–H and O–H groups in total. The topological polar surface area (TPSA) is 0 Å². The van der Waals surface area contributed by atoms with Crippen molar-refractivity contribution in [3.8, 4) is 22.3 Å². The van der Waals surface area contributed by atoms with Crippen molar-refractivity contribution >= 4 is 48.1 Å². The fourth-order valence-electron chi connectivity index (χ4n) is 6.90. The summed E-state index contributed by atoms with van der Waals surface area (Å²) in [6.45, 7) is 17.9. The van der Waals surface area contributed by atoms with Crippen LogP contribution in [0.1, 0.15) is 127 Å². The van der Waals surface area contributed by atoms with Crippen molar-refractivity contribution in [1.82, 2.24) is 0 Å². The number of rotatable bonds is 14. The molecule has 0 amide bonds. The van der Waals surface area contributed by atoms with Crippen molar-refractivity contribution in [3.05, 3.63) is 131 Å². The van der Waals surface area contributed by atoms with E-state index >= 15 is 0 Å². The van der Waals surface area contributed by atoms with Gasteiger partial charge in [0.25, 0.3) is 0 Å². The van der Waals surface area contributed by atoms with Crippen LogP contribution in [0.25, 0.3) is 43.8 Å². The van der Waals surface area contributed by atoms with Gasteiger partial charge in [-0.15, -0.1) is 69.1 Å². The summed E-state index contributed by atoms with van der Waals surface area (Å²) in [6, 6.07) is 41.2. The van der Waals surface area contributed by atoms with Crippen LogP contribution in [0.4, 0.5) is 0 Å². The van der Waals surface area contributed by atoms with E-state index in [0.29, 0.717) is 11.8 Å². The first-order chi connectivity index (χ1) is 26.2. The van der Waals surface area contributed by atoms with Crippen molar-refractivity contribution in [3.63, 3.8) is 0 Å². The molecule has 54 heavy (non-hydrogen) atoms. The molecule has 0 aliphatic rings.